The highest BCUT2D eigenvalue weighted by molar-refractivity contribution is 7.14. The van der Waals surface area contributed by atoms with Crippen LogP contribution in [0.15, 0.2) is 30.3 Å². The van der Waals surface area contributed by atoms with Crippen LogP contribution in [0, 0.1) is 10.1 Å². The summed E-state index contributed by atoms with van der Waals surface area (Å²) in [7, 11) is 0. The van der Waals surface area contributed by atoms with Crippen LogP contribution in [0.2, 0.25) is 0 Å². The van der Waals surface area contributed by atoms with Gasteiger partial charge in [0.1, 0.15) is 5.69 Å². The molecule has 7 nitrogen and oxygen atoms in total. The minimum Gasteiger partial charge on any atom is -0.454 e. The summed E-state index contributed by atoms with van der Waals surface area (Å²) in [6.45, 7) is 1.56. The third-order valence-electron chi connectivity index (χ3n) is 3.08. The van der Waals surface area contributed by atoms with Gasteiger partial charge < -0.3 is 10.5 Å². The van der Waals surface area contributed by atoms with Crippen LogP contribution < -0.4 is 5.73 Å². The van der Waals surface area contributed by atoms with Crippen LogP contribution in [0.5, 0.6) is 0 Å². The first-order valence-corrected chi connectivity index (χ1v) is 7.57. The van der Waals surface area contributed by atoms with Gasteiger partial charge >= 0.3 is 5.97 Å². The molecule has 0 radical (unpaired) electrons. The molecule has 0 bridgehead atoms. The van der Waals surface area contributed by atoms with Crippen LogP contribution in [0.4, 0.5) is 11.4 Å². The van der Waals surface area contributed by atoms with Crippen LogP contribution in [0.3, 0.4) is 0 Å². The molecule has 2 rings (SSSR count). The Kier molecular flexibility index (Phi) is 5.07. The number of hydrogen-bond acceptors (Lipinski definition) is 7. The lowest BCUT2D eigenvalue weighted by molar-refractivity contribution is -0.383. The van der Waals surface area contributed by atoms with Crippen LogP contribution in [0.25, 0.3) is 0 Å². The number of benzene rings is 1. The summed E-state index contributed by atoms with van der Waals surface area (Å²) < 4.78 is 4.92. The van der Waals surface area contributed by atoms with Crippen LogP contribution in [-0.4, -0.2) is 23.3 Å². The number of ketones is 1. The number of thiophene rings is 1. The Hall–Kier alpha value is -2.74. The number of esters is 1. The maximum atomic E-state index is 11.9. The number of Topliss-reactive ketones (excluding diaryl/α,β-unsaturated/α-hetero) is 1. The number of anilines is 1. The Morgan fingerprint density at radius 3 is 2.65 bits per heavy atom. The topological polar surface area (TPSA) is 113 Å². The van der Waals surface area contributed by atoms with E-state index in [1.807, 2.05) is 13.0 Å². The van der Waals surface area contributed by atoms with Gasteiger partial charge in [0.05, 0.1) is 15.4 Å². The molecule has 0 aliphatic rings. The predicted molar refractivity (Wildman–Crippen MR) is 85.8 cm³/mol. The summed E-state index contributed by atoms with van der Waals surface area (Å²) in [5.74, 6) is -1.12. The molecule has 0 fully saturated rings. The molecule has 0 saturated heterocycles. The largest absolute Gasteiger partial charge is 0.454 e. The number of nitrogens with zero attached hydrogens (tertiary/aromatic N) is 1. The molecule has 2 aromatic rings. The molecule has 120 valence electrons. The first-order valence-electron chi connectivity index (χ1n) is 6.75. The number of carbonyl (C=O) groups excluding carboxylic acids is 2. The first kappa shape index (κ1) is 16.6. The number of nitro groups is 1. The number of aryl methyl sites for hydroxylation is 1. The molecule has 0 aliphatic heterocycles. The van der Waals surface area contributed by atoms with Crippen molar-refractivity contribution < 1.29 is 19.2 Å². The van der Waals surface area contributed by atoms with Crippen molar-refractivity contribution in [2.75, 3.05) is 12.3 Å². The Labute approximate surface area is 135 Å². The molecule has 8 heteroatoms. The number of rotatable bonds is 6. The van der Waals surface area contributed by atoms with E-state index in [2.05, 4.69) is 0 Å². The van der Waals surface area contributed by atoms with E-state index in [1.165, 1.54) is 23.5 Å². The fourth-order valence-corrected chi connectivity index (χ4v) is 2.70. The molecule has 0 unspecified atom stereocenters. The maximum Gasteiger partial charge on any atom is 0.338 e. The third kappa shape index (κ3) is 3.92. The summed E-state index contributed by atoms with van der Waals surface area (Å²) in [6.07, 6.45) is 0.826. The molecular weight excluding hydrogens is 320 g/mol. The lowest BCUT2D eigenvalue weighted by Gasteiger charge is -2.04. The van der Waals surface area contributed by atoms with Crippen molar-refractivity contribution in [2.24, 2.45) is 0 Å². The van der Waals surface area contributed by atoms with Gasteiger partial charge in [-0.15, -0.1) is 11.3 Å². The highest BCUT2D eigenvalue weighted by Crippen LogP contribution is 2.23. The average molecular weight is 334 g/mol. The molecule has 1 aromatic heterocycles. The van der Waals surface area contributed by atoms with E-state index >= 15 is 0 Å². The first-order chi connectivity index (χ1) is 10.9. The normalized spacial score (nSPS) is 10.3. The van der Waals surface area contributed by atoms with E-state index in [0.717, 1.165) is 17.4 Å². The summed E-state index contributed by atoms with van der Waals surface area (Å²) in [6, 6.07) is 7.14. The van der Waals surface area contributed by atoms with Gasteiger partial charge in [0.2, 0.25) is 5.78 Å². The van der Waals surface area contributed by atoms with E-state index < -0.39 is 17.5 Å². The van der Waals surface area contributed by atoms with Crippen LogP contribution in [0.1, 0.15) is 31.8 Å². The third-order valence-corrected chi connectivity index (χ3v) is 4.35. The van der Waals surface area contributed by atoms with Gasteiger partial charge in [-0.3, -0.25) is 14.9 Å². The zero-order chi connectivity index (χ0) is 17.0. The Bertz CT molecular complexity index is 769. The molecule has 0 amide bonds. The van der Waals surface area contributed by atoms with Gasteiger partial charge in [0.15, 0.2) is 6.61 Å². The Morgan fingerprint density at radius 1 is 1.30 bits per heavy atom. The second-order valence-corrected chi connectivity index (χ2v) is 5.82. The molecule has 23 heavy (non-hydrogen) atoms. The quantitative estimate of drug-likeness (QED) is 0.286. The number of nitrogens with two attached hydrogens (primary N) is 1. The van der Waals surface area contributed by atoms with Crippen molar-refractivity contribution in [3.05, 3.63) is 55.8 Å². The monoisotopic (exact) mass is 334 g/mol. The number of nitro benzene ring substituents is 1. The minimum absolute atomic E-state index is 0.0286. The van der Waals surface area contributed by atoms with Crippen LogP contribution >= 0.6 is 11.3 Å². The van der Waals surface area contributed by atoms with Crippen molar-refractivity contribution in [1.29, 1.82) is 0 Å². The predicted octanol–water partition coefficient (Wildman–Crippen LogP) is 2.84. The van der Waals surface area contributed by atoms with Gasteiger partial charge in [-0.2, -0.15) is 0 Å². The van der Waals surface area contributed by atoms with Gasteiger partial charge in [0, 0.05) is 10.9 Å². The molecular formula is C15H14N2O5S. The number of ether oxygens (including phenoxy) is 1. The van der Waals surface area contributed by atoms with E-state index in [0.29, 0.717) is 4.88 Å². The average Bonchev–Trinajstić information content (AvgIpc) is 3.01. The molecule has 0 saturated carbocycles. The van der Waals surface area contributed by atoms with Crippen molar-refractivity contribution in [1.82, 2.24) is 0 Å². The van der Waals surface area contributed by atoms with Crippen LogP contribution in [-0.2, 0) is 11.2 Å². The van der Waals surface area contributed by atoms with Crippen molar-refractivity contribution in [2.45, 2.75) is 13.3 Å². The van der Waals surface area contributed by atoms with Gasteiger partial charge in [-0.25, -0.2) is 4.79 Å². The highest BCUT2D eigenvalue weighted by atomic mass is 32.1. The molecule has 0 atom stereocenters. The second-order valence-electron chi connectivity index (χ2n) is 4.65. The van der Waals surface area contributed by atoms with Gasteiger partial charge in [-0.05, 0) is 30.7 Å². The smallest absolute Gasteiger partial charge is 0.338 e. The second kappa shape index (κ2) is 7.01. The summed E-state index contributed by atoms with van der Waals surface area (Å²) in [5, 5.41) is 10.8. The molecule has 1 aromatic carbocycles. The summed E-state index contributed by atoms with van der Waals surface area (Å²) >= 11 is 1.35. The van der Waals surface area contributed by atoms with E-state index in [1.54, 1.807) is 6.07 Å². The lowest BCUT2D eigenvalue weighted by atomic mass is 10.2. The van der Waals surface area contributed by atoms with Crippen molar-refractivity contribution >= 4 is 34.5 Å². The van der Waals surface area contributed by atoms with E-state index in [-0.39, 0.29) is 22.7 Å². The lowest BCUT2D eigenvalue weighted by Crippen LogP contribution is -2.13. The molecule has 0 aliphatic carbocycles. The molecule has 2 N–H and O–H groups in total. The minimum atomic E-state index is -0.811. The number of carbonyl (C=O) groups is 2. The SMILES string of the molecule is CCc1ccc(C(=O)COC(=O)c2ccc(N)c([N+](=O)[O-])c2)s1. The standard InChI is InChI=1S/C15H14N2O5S/c1-2-10-4-6-14(23-10)13(18)8-22-15(19)9-3-5-11(16)12(7-9)17(20)21/h3-7H,2,8,16H2,1H3. The Balaban J connectivity index is 2.03. The fourth-order valence-electron chi connectivity index (χ4n) is 1.83. The fraction of sp³-hybridized carbons (Fsp3) is 0.200. The Morgan fingerprint density at radius 2 is 2.04 bits per heavy atom. The zero-order valence-corrected chi connectivity index (χ0v) is 13.1. The van der Waals surface area contributed by atoms with Gasteiger partial charge in [-0.1, -0.05) is 6.92 Å². The summed E-state index contributed by atoms with van der Waals surface area (Å²) in [4.78, 5) is 35.5. The maximum absolute atomic E-state index is 11.9. The zero-order valence-electron chi connectivity index (χ0n) is 12.3. The summed E-state index contributed by atoms with van der Waals surface area (Å²) in [5.41, 5.74) is 5.00. The number of hydrogen-bond donors (Lipinski definition) is 1. The van der Waals surface area contributed by atoms with Crippen molar-refractivity contribution in [3.8, 4) is 0 Å². The van der Waals surface area contributed by atoms with E-state index in [9.17, 15) is 19.7 Å². The van der Waals surface area contributed by atoms with Crippen molar-refractivity contribution in [3.63, 3.8) is 0 Å². The highest BCUT2D eigenvalue weighted by Gasteiger charge is 2.18. The van der Waals surface area contributed by atoms with E-state index in [4.69, 9.17) is 10.5 Å². The number of nitrogen functional groups attached to an aromatic ring is 1. The molecule has 1 heterocycles. The molecule has 0 spiro atoms. The van der Waals surface area contributed by atoms with Gasteiger partial charge in [0.25, 0.3) is 5.69 Å².